The fourth-order valence-electron chi connectivity index (χ4n) is 3.04. The highest BCUT2D eigenvalue weighted by Gasteiger charge is 2.23. The zero-order valence-electron chi connectivity index (χ0n) is 17.8. The van der Waals surface area contributed by atoms with E-state index in [1.165, 1.54) is 41.7 Å². The predicted molar refractivity (Wildman–Crippen MR) is 132 cm³/mol. The number of amides is 1. The van der Waals surface area contributed by atoms with Gasteiger partial charge in [0.05, 0.1) is 22.2 Å². The lowest BCUT2D eigenvalue weighted by atomic mass is 10.1. The van der Waals surface area contributed by atoms with Gasteiger partial charge in [-0.2, -0.15) is 4.31 Å². The molecule has 0 bridgehead atoms. The Kier molecular flexibility index (Phi) is 8.26. The number of anilines is 1. The highest BCUT2D eigenvalue weighted by atomic mass is 35.5. The smallest absolute Gasteiger partial charge is 0.255 e. The summed E-state index contributed by atoms with van der Waals surface area (Å²) in [5.74, 6) is 0.0727. The van der Waals surface area contributed by atoms with Gasteiger partial charge in [0, 0.05) is 34.8 Å². The number of sulfonamides is 1. The summed E-state index contributed by atoms with van der Waals surface area (Å²) < 4.78 is 32.8. The van der Waals surface area contributed by atoms with E-state index in [-0.39, 0.29) is 11.4 Å². The van der Waals surface area contributed by atoms with E-state index in [0.29, 0.717) is 44.2 Å². The fourth-order valence-corrected chi connectivity index (χ4v) is 4.77. The van der Waals surface area contributed by atoms with Gasteiger partial charge in [-0.3, -0.25) is 4.79 Å². The quantitative estimate of drug-likeness (QED) is 0.383. The van der Waals surface area contributed by atoms with E-state index in [9.17, 15) is 13.2 Å². The number of carbonyl (C=O) groups excluding carboxylic acids is 1. The molecule has 1 amide bonds. The van der Waals surface area contributed by atoms with Crippen molar-refractivity contribution < 1.29 is 17.9 Å². The third-order valence-electron chi connectivity index (χ3n) is 4.72. The number of nitrogens with zero attached hydrogens (tertiary/aromatic N) is 1. The minimum Gasteiger partial charge on any atom is -0.494 e. The number of carbonyl (C=O) groups is 1. The minimum atomic E-state index is -3.79. The summed E-state index contributed by atoms with van der Waals surface area (Å²) >= 11 is 17.9. The zero-order chi connectivity index (χ0) is 24.2. The number of rotatable bonds is 8. The van der Waals surface area contributed by atoms with Crippen LogP contribution in [0.4, 0.5) is 5.69 Å². The lowest BCUT2D eigenvalue weighted by Crippen LogP contribution is -2.27. The summed E-state index contributed by atoms with van der Waals surface area (Å²) in [5, 5.41) is 3.92. The van der Waals surface area contributed by atoms with E-state index < -0.39 is 15.9 Å². The maximum Gasteiger partial charge on any atom is 0.255 e. The fraction of sp³-hybridized carbons (Fsp3) is 0.174. The Hall–Kier alpha value is -2.29. The van der Waals surface area contributed by atoms with Crippen LogP contribution in [0.25, 0.3) is 0 Å². The molecule has 1 N–H and O–H groups in total. The molecule has 174 valence electrons. The molecule has 0 aromatic heterocycles. The van der Waals surface area contributed by atoms with Crippen molar-refractivity contribution in [1.29, 1.82) is 0 Å². The normalized spacial score (nSPS) is 11.5. The van der Waals surface area contributed by atoms with E-state index in [2.05, 4.69) is 5.32 Å². The van der Waals surface area contributed by atoms with Crippen LogP contribution >= 0.6 is 34.8 Å². The van der Waals surface area contributed by atoms with Crippen LogP contribution in [-0.4, -0.2) is 32.3 Å². The van der Waals surface area contributed by atoms with Gasteiger partial charge >= 0.3 is 0 Å². The molecule has 0 aliphatic rings. The van der Waals surface area contributed by atoms with Gasteiger partial charge in [-0.05, 0) is 67.6 Å². The predicted octanol–water partition coefficient (Wildman–Crippen LogP) is 6.12. The van der Waals surface area contributed by atoms with Crippen LogP contribution < -0.4 is 10.1 Å². The minimum absolute atomic E-state index is 0.0108. The molecule has 33 heavy (non-hydrogen) atoms. The molecule has 0 saturated carbocycles. The second-order valence-corrected chi connectivity index (χ2v) is 10.4. The van der Waals surface area contributed by atoms with Crippen molar-refractivity contribution in [3.05, 3.63) is 86.9 Å². The standard InChI is InChI=1S/C23H21Cl3N2O4S/c1-3-32-22-11-4-15(23(29)27-21-10-7-18(25)13-20(21)26)12-16(22)14-28(2)33(30,31)19-8-5-17(24)6-9-19/h4-13H,3,14H2,1-2H3,(H,27,29). The van der Waals surface area contributed by atoms with Crippen LogP contribution in [0, 0.1) is 0 Å². The third-order valence-corrected chi connectivity index (χ3v) is 7.33. The van der Waals surface area contributed by atoms with Crippen LogP contribution in [0.1, 0.15) is 22.8 Å². The molecule has 0 heterocycles. The average Bonchev–Trinajstić information content (AvgIpc) is 2.77. The average molecular weight is 528 g/mol. The van der Waals surface area contributed by atoms with Gasteiger partial charge in [0.2, 0.25) is 10.0 Å². The molecular formula is C23H21Cl3N2O4S. The summed E-state index contributed by atoms with van der Waals surface area (Å²) in [7, 11) is -2.33. The second-order valence-electron chi connectivity index (χ2n) is 7.05. The summed E-state index contributed by atoms with van der Waals surface area (Å²) in [5.41, 5.74) is 1.26. The largest absolute Gasteiger partial charge is 0.494 e. The van der Waals surface area contributed by atoms with E-state index in [1.54, 1.807) is 30.3 Å². The Labute approximate surface area is 208 Å². The number of nitrogens with one attached hydrogen (secondary N) is 1. The topological polar surface area (TPSA) is 75.7 Å². The first-order valence-corrected chi connectivity index (χ1v) is 12.4. The molecule has 3 aromatic rings. The van der Waals surface area contributed by atoms with Crippen molar-refractivity contribution in [2.45, 2.75) is 18.4 Å². The summed E-state index contributed by atoms with van der Waals surface area (Å²) in [4.78, 5) is 12.9. The molecule has 0 aliphatic carbocycles. The van der Waals surface area contributed by atoms with Crippen LogP contribution in [0.5, 0.6) is 5.75 Å². The molecule has 0 spiro atoms. The van der Waals surface area contributed by atoms with Crippen LogP contribution in [0.2, 0.25) is 15.1 Å². The van der Waals surface area contributed by atoms with Gasteiger partial charge in [0.1, 0.15) is 5.75 Å². The number of hydrogen-bond donors (Lipinski definition) is 1. The van der Waals surface area contributed by atoms with E-state index in [1.807, 2.05) is 6.92 Å². The Morgan fingerprint density at radius 2 is 1.64 bits per heavy atom. The first kappa shape index (κ1) is 25.3. The molecule has 3 rings (SSSR count). The van der Waals surface area contributed by atoms with Crippen molar-refractivity contribution in [1.82, 2.24) is 4.31 Å². The highest BCUT2D eigenvalue weighted by Crippen LogP contribution is 2.28. The van der Waals surface area contributed by atoms with Gasteiger partial charge in [0.15, 0.2) is 0 Å². The van der Waals surface area contributed by atoms with Crippen molar-refractivity contribution >= 4 is 56.4 Å². The van der Waals surface area contributed by atoms with Crippen molar-refractivity contribution in [3.63, 3.8) is 0 Å². The van der Waals surface area contributed by atoms with E-state index >= 15 is 0 Å². The monoisotopic (exact) mass is 526 g/mol. The second kappa shape index (κ2) is 10.8. The van der Waals surface area contributed by atoms with Crippen molar-refractivity contribution in [2.75, 3.05) is 19.0 Å². The maximum absolute atomic E-state index is 13.0. The zero-order valence-corrected chi connectivity index (χ0v) is 20.9. The molecule has 0 atom stereocenters. The molecule has 6 nitrogen and oxygen atoms in total. The van der Waals surface area contributed by atoms with Crippen LogP contribution in [-0.2, 0) is 16.6 Å². The van der Waals surface area contributed by atoms with Crippen LogP contribution in [0.15, 0.2) is 65.6 Å². The van der Waals surface area contributed by atoms with E-state index in [4.69, 9.17) is 39.5 Å². The highest BCUT2D eigenvalue weighted by molar-refractivity contribution is 7.89. The number of ether oxygens (including phenoxy) is 1. The number of benzene rings is 3. The van der Waals surface area contributed by atoms with Gasteiger partial charge < -0.3 is 10.1 Å². The lowest BCUT2D eigenvalue weighted by Gasteiger charge is -2.20. The van der Waals surface area contributed by atoms with Crippen molar-refractivity contribution in [3.8, 4) is 5.75 Å². The molecule has 0 aliphatic heterocycles. The summed E-state index contributed by atoms with van der Waals surface area (Å²) in [6, 6.07) is 15.5. The van der Waals surface area contributed by atoms with Gasteiger partial charge in [0.25, 0.3) is 5.91 Å². The number of halogens is 3. The van der Waals surface area contributed by atoms with Gasteiger partial charge in [-0.15, -0.1) is 0 Å². The van der Waals surface area contributed by atoms with E-state index in [0.717, 1.165) is 0 Å². The maximum atomic E-state index is 13.0. The molecular weight excluding hydrogens is 507 g/mol. The third kappa shape index (κ3) is 6.19. The Morgan fingerprint density at radius 3 is 2.27 bits per heavy atom. The van der Waals surface area contributed by atoms with Gasteiger partial charge in [-0.1, -0.05) is 34.8 Å². The number of hydrogen-bond acceptors (Lipinski definition) is 4. The SMILES string of the molecule is CCOc1ccc(C(=O)Nc2ccc(Cl)cc2Cl)cc1CN(C)S(=O)(=O)c1ccc(Cl)cc1. The Balaban J connectivity index is 1.88. The Bertz CT molecular complexity index is 1270. The summed E-state index contributed by atoms with van der Waals surface area (Å²) in [6.07, 6.45) is 0. The lowest BCUT2D eigenvalue weighted by molar-refractivity contribution is 0.102. The molecule has 0 unspecified atom stereocenters. The first-order chi connectivity index (χ1) is 15.6. The molecule has 10 heteroatoms. The molecule has 0 saturated heterocycles. The Morgan fingerprint density at radius 1 is 0.970 bits per heavy atom. The molecule has 0 radical (unpaired) electrons. The summed E-state index contributed by atoms with van der Waals surface area (Å²) in [6.45, 7) is 2.19. The van der Waals surface area contributed by atoms with Gasteiger partial charge in [-0.25, -0.2) is 8.42 Å². The van der Waals surface area contributed by atoms with Crippen molar-refractivity contribution in [2.24, 2.45) is 0 Å². The molecule has 3 aromatic carbocycles. The molecule has 0 fully saturated rings. The van der Waals surface area contributed by atoms with Crippen LogP contribution in [0.3, 0.4) is 0 Å². The first-order valence-electron chi connectivity index (χ1n) is 9.86.